The molecule has 2 nitrogen and oxygen atoms in total. The molecule has 0 spiro atoms. The fourth-order valence-corrected chi connectivity index (χ4v) is 4.82. The van der Waals surface area contributed by atoms with Crippen LogP contribution < -0.4 is 15.5 Å². The molecule has 1 fully saturated rings. The number of halogens is 1. The highest BCUT2D eigenvalue weighted by molar-refractivity contribution is 7.56. The molecule has 1 N–H and O–H groups in total. The number of rotatable bonds is 3. The van der Waals surface area contributed by atoms with Crippen molar-refractivity contribution >= 4 is 24.9 Å². The highest BCUT2D eigenvalue weighted by atomic mass is 31.1. The lowest BCUT2D eigenvalue weighted by Gasteiger charge is -2.31. The molecule has 0 aliphatic carbocycles. The number of benzene rings is 2. The van der Waals surface area contributed by atoms with Crippen molar-refractivity contribution in [1.29, 1.82) is 0 Å². The monoisotopic (exact) mass is 373 g/mol. The van der Waals surface area contributed by atoms with Gasteiger partial charge >= 0.3 is 0 Å². The average Bonchev–Trinajstić information content (AvgIpc) is 2.60. The molecule has 4 heteroatoms. The van der Waals surface area contributed by atoms with Gasteiger partial charge in [-0.2, -0.15) is 0 Å². The molecule has 1 unspecified atom stereocenters. The molecule has 1 saturated heterocycles. The van der Waals surface area contributed by atoms with E-state index in [9.17, 15) is 9.50 Å². The predicted octanol–water partition coefficient (Wildman–Crippen LogP) is 4.76. The highest BCUT2D eigenvalue weighted by Gasteiger charge is 2.20. The van der Waals surface area contributed by atoms with Gasteiger partial charge in [0.05, 0.1) is 0 Å². The van der Waals surface area contributed by atoms with Crippen molar-refractivity contribution in [3.8, 4) is 5.75 Å². The first kappa shape index (κ1) is 19.2. The molecule has 0 radical (unpaired) electrons. The van der Waals surface area contributed by atoms with E-state index in [0.29, 0.717) is 14.3 Å². The normalized spacial score (nSPS) is 15.8. The SMILES string of the molecule is Cc1cc(C(C)(C)C)cc(Pc2ccc(F)cc2N2CCCCC2)c1O. The van der Waals surface area contributed by atoms with E-state index in [1.807, 2.05) is 13.0 Å². The molecule has 1 atom stereocenters. The van der Waals surface area contributed by atoms with Gasteiger partial charge in [0.15, 0.2) is 0 Å². The van der Waals surface area contributed by atoms with Crippen molar-refractivity contribution in [1.82, 2.24) is 0 Å². The molecule has 1 aliphatic heterocycles. The standard InChI is InChI=1S/C22H29FNOP/c1-15-12-16(22(2,3)4)13-20(21(15)25)26-19-9-8-17(23)14-18(19)24-10-6-5-7-11-24/h8-9,12-14,25-26H,5-7,10-11H2,1-4H3. The number of aryl methyl sites for hydroxylation is 1. The molecular formula is C22H29FNOP. The molecule has 3 rings (SSSR count). The van der Waals surface area contributed by atoms with E-state index in [4.69, 9.17) is 0 Å². The fourth-order valence-electron chi connectivity index (χ4n) is 3.46. The summed E-state index contributed by atoms with van der Waals surface area (Å²) < 4.78 is 13.9. The van der Waals surface area contributed by atoms with Crippen LogP contribution in [0.2, 0.25) is 0 Å². The van der Waals surface area contributed by atoms with Gasteiger partial charge in [0, 0.05) is 29.4 Å². The Morgan fingerprint density at radius 1 is 1.00 bits per heavy atom. The van der Waals surface area contributed by atoms with E-state index < -0.39 is 0 Å². The third kappa shape index (κ3) is 4.20. The van der Waals surface area contributed by atoms with Gasteiger partial charge < -0.3 is 10.0 Å². The molecule has 0 saturated carbocycles. The lowest BCUT2D eigenvalue weighted by Crippen LogP contribution is -2.32. The number of nitrogens with zero attached hydrogens (tertiary/aromatic N) is 1. The summed E-state index contributed by atoms with van der Waals surface area (Å²) in [5, 5.41) is 12.7. The summed E-state index contributed by atoms with van der Waals surface area (Å²) in [6.07, 6.45) is 3.56. The van der Waals surface area contributed by atoms with Crippen LogP contribution in [0, 0.1) is 12.7 Å². The Morgan fingerprint density at radius 3 is 2.35 bits per heavy atom. The van der Waals surface area contributed by atoms with Crippen molar-refractivity contribution in [2.24, 2.45) is 0 Å². The third-order valence-corrected chi connectivity index (χ3v) is 6.44. The molecular weight excluding hydrogens is 344 g/mol. The largest absolute Gasteiger partial charge is 0.507 e. The number of hydrogen-bond acceptors (Lipinski definition) is 2. The van der Waals surface area contributed by atoms with E-state index in [-0.39, 0.29) is 11.2 Å². The summed E-state index contributed by atoms with van der Waals surface area (Å²) in [6.45, 7) is 10.5. The van der Waals surface area contributed by atoms with Gasteiger partial charge in [0.1, 0.15) is 11.6 Å². The minimum absolute atomic E-state index is 0.0240. The Balaban J connectivity index is 2.00. The van der Waals surface area contributed by atoms with E-state index in [2.05, 4.69) is 37.8 Å². The fraction of sp³-hybridized carbons (Fsp3) is 0.455. The molecule has 140 valence electrons. The smallest absolute Gasteiger partial charge is 0.126 e. The zero-order valence-electron chi connectivity index (χ0n) is 16.2. The van der Waals surface area contributed by atoms with Crippen LogP contribution in [0.1, 0.15) is 51.2 Å². The molecule has 0 amide bonds. The first-order chi connectivity index (χ1) is 12.3. The third-order valence-electron chi connectivity index (χ3n) is 5.09. The summed E-state index contributed by atoms with van der Waals surface area (Å²) >= 11 is 0. The van der Waals surface area contributed by atoms with Crippen molar-refractivity contribution in [2.75, 3.05) is 18.0 Å². The lowest BCUT2D eigenvalue weighted by atomic mass is 9.86. The molecule has 26 heavy (non-hydrogen) atoms. The van der Waals surface area contributed by atoms with Gasteiger partial charge in [-0.3, -0.25) is 0 Å². The van der Waals surface area contributed by atoms with Gasteiger partial charge in [-0.1, -0.05) is 35.4 Å². The highest BCUT2D eigenvalue weighted by Crippen LogP contribution is 2.32. The second-order valence-corrected chi connectivity index (χ2v) is 9.60. The van der Waals surface area contributed by atoms with Crippen LogP contribution in [0.25, 0.3) is 0 Å². The predicted molar refractivity (Wildman–Crippen MR) is 112 cm³/mol. The maximum absolute atomic E-state index is 13.9. The van der Waals surface area contributed by atoms with E-state index in [1.165, 1.54) is 18.1 Å². The zero-order chi connectivity index (χ0) is 18.9. The quantitative estimate of drug-likeness (QED) is 0.785. The second kappa shape index (κ2) is 7.56. The van der Waals surface area contributed by atoms with E-state index in [0.717, 1.165) is 47.8 Å². The topological polar surface area (TPSA) is 23.5 Å². The van der Waals surface area contributed by atoms with Gasteiger partial charge in [-0.15, -0.1) is 0 Å². The second-order valence-electron chi connectivity index (χ2n) is 8.27. The number of aromatic hydroxyl groups is 1. The van der Waals surface area contributed by atoms with Gasteiger partial charge in [-0.25, -0.2) is 4.39 Å². The summed E-state index contributed by atoms with van der Waals surface area (Å²) in [7, 11) is 0.309. The van der Waals surface area contributed by atoms with Crippen LogP contribution in [0.4, 0.5) is 10.1 Å². The maximum Gasteiger partial charge on any atom is 0.126 e. The van der Waals surface area contributed by atoms with Crippen molar-refractivity contribution in [2.45, 2.75) is 52.4 Å². The molecule has 1 heterocycles. The minimum Gasteiger partial charge on any atom is -0.507 e. The van der Waals surface area contributed by atoms with Crippen LogP contribution in [0.15, 0.2) is 30.3 Å². The first-order valence-electron chi connectivity index (χ1n) is 9.41. The molecule has 1 aliphatic rings. The lowest BCUT2D eigenvalue weighted by molar-refractivity contribution is 0.474. The summed E-state index contributed by atoms with van der Waals surface area (Å²) in [5.74, 6) is 0.174. The molecule has 2 aromatic carbocycles. The number of hydrogen-bond donors (Lipinski definition) is 1. The Morgan fingerprint density at radius 2 is 1.69 bits per heavy atom. The Bertz CT molecular complexity index is 791. The molecule has 2 aromatic rings. The van der Waals surface area contributed by atoms with Crippen molar-refractivity contribution < 1.29 is 9.50 Å². The Kier molecular flexibility index (Phi) is 5.58. The van der Waals surface area contributed by atoms with Crippen molar-refractivity contribution in [3.05, 3.63) is 47.3 Å². The van der Waals surface area contributed by atoms with Crippen LogP contribution in [-0.2, 0) is 5.41 Å². The van der Waals surface area contributed by atoms with Crippen molar-refractivity contribution in [3.63, 3.8) is 0 Å². The van der Waals surface area contributed by atoms with Crippen LogP contribution in [0.5, 0.6) is 5.75 Å². The minimum atomic E-state index is -0.192. The number of piperidine rings is 1. The van der Waals surface area contributed by atoms with Crippen LogP contribution in [0.3, 0.4) is 0 Å². The van der Waals surface area contributed by atoms with E-state index in [1.54, 1.807) is 6.07 Å². The summed E-state index contributed by atoms with van der Waals surface area (Å²) in [4.78, 5) is 2.30. The number of phenolic OH excluding ortho intramolecular Hbond substituents is 1. The average molecular weight is 373 g/mol. The van der Waals surface area contributed by atoms with Gasteiger partial charge in [-0.05, 0) is 67.0 Å². The van der Waals surface area contributed by atoms with Crippen LogP contribution >= 0.6 is 8.58 Å². The van der Waals surface area contributed by atoms with Crippen LogP contribution in [-0.4, -0.2) is 18.2 Å². The Hall–Kier alpha value is -1.60. The van der Waals surface area contributed by atoms with Gasteiger partial charge in [0.2, 0.25) is 0 Å². The van der Waals surface area contributed by atoms with Gasteiger partial charge in [0.25, 0.3) is 0 Å². The number of anilines is 1. The zero-order valence-corrected chi connectivity index (χ0v) is 17.2. The summed E-state index contributed by atoms with van der Waals surface area (Å²) in [5.41, 5.74) is 3.13. The molecule has 0 aromatic heterocycles. The molecule has 0 bridgehead atoms. The Labute approximate surface area is 158 Å². The van der Waals surface area contributed by atoms with E-state index >= 15 is 0 Å². The first-order valence-corrected chi connectivity index (χ1v) is 10.4. The maximum atomic E-state index is 13.9. The summed E-state index contributed by atoms with van der Waals surface area (Å²) in [6, 6.07) is 9.26. The number of phenols is 1.